The van der Waals surface area contributed by atoms with Gasteiger partial charge in [-0.1, -0.05) is 12.1 Å². The molecule has 1 fully saturated rings. The van der Waals surface area contributed by atoms with Crippen molar-refractivity contribution in [2.75, 3.05) is 5.32 Å². The summed E-state index contributed by atoms with van der Waals surface area (Å²) in [6.45, 7) is 0. The quantitative estimate of drug-likeness (QED) is 0.694. The molecule has 1 aliphatic rings. The number of hydrogen-bond acceptors (Lipinski definition) is 3. The van der Waals surface area contributed by atoms with Crippen molar-refractivity contribution in [2.24, 2.45) is 0 Å². The second kappa shape index (κ2) is 5.14. The highest BCUT2D eigenvalue weighted by Gasteiger charge is 2.23. The maximum atomic E-state index is 11.7. The summed E-state index contributed by atoms with van der Waals surface area (Å²) in [6.07, 6.45) is 5.55. The minimum atomic E-state index is -0.148. The van der Waals surface area contributed by atoms with E-state index in [-0.39, 0.29) is 6.03 Å². The first kappa shape index (κ1) is 12.8. The normalized spacial score (nSPS) is 14.0. The molecule has 4 rings (SSSR count). The topological polar surface area (TPSA) is 82.7 Å². The Labute approximate surface area is 127 Å². The van der Waals surface area contributed by atoms with Crippen molar-refractivity contribution < 1.29 is 4.79 Å². The molecule has 0 spiro atoms. The van der Waals surface area contributed by atoms with Gasteiger partial charge in [-0.25, -0.2) is 14.8 Å². The number of aromatic amines is 1. The van der Waals surface area contributed by atoms with Gasteiger partial charge in [0.05, 0.1) is 5.69 Å². The van der Waals surface area contributed by atoms with Gasteiger partial charge in [-0.3, -0.25) is 0 Å². The number of rotatable bonds is 3. The summed E-state index contributed by atoms with van der Waals surface area (Å²) >= 11 is 0. The van der Waals surface area contributed by atoms with Crippen molar-refractivity contribution in [1.82, 2.24) is 20.3 Å². The van der Waals surface area contributed by atoms with Crippen molar-refractivity contribution in [1.29, 1.82) is 0 Å². The molecule has 2 aromatic heterocycles. The summed E-state index contributed by atoms with van der Waals surface area (Å²) in [6, 6.07) is 9.81. The van der Waals surface area contributed by atoms with Crippen molar-refractivity contribution in [3.8, 4) is 11.3 Å². The summed E-state index contributed by atoms with van der Waals surface area (Å²) in [7, 11) is 0. The average Bonchev–Trinajstić information content (AvgIpc) is 3.20. The zero-order valence-electron chi connectivity index (χ0n) is 11.8. The van der Waals surface area contributed by atoms with E-state index in [1.54, 1.807) is 6.33 Å². The number of nitrogens with one attached hydrogen (secondary N) is 3. The standard InChI is InChI=1S/C16H15N5O/c22-16(21-12-5-6-12)20-11-3-1-10(2-4-11)14-13-7-8-17-15(13)19-9-18-14/h1-4,7-9,12H,5-6H2,(H,17,18,19)(H2,20,21,22). The lowest BCUT2D eigenvalue weighted by Crippen LogP contribution is -2.30. The van der Waals surface area contributed by atoms with Gasteiger partial charge in [0.25, 0.3) is 0 Å². The zero-order chi connectivity index (χ0) is 14.9. The summed E-state index contributed by atoms with van der Waals surface area (Å²) in [4.78, 5) is 23.3. The van der Waals surface area contributed by atoms with Crippen LogP contribution in [0.1, 0.15) is 12.8 Å². The van der Waals surface area contributed by atoms with E-state index in [4.69, 9.17) is 0 Å². The molecule has 0 bridgehead atoms. The highest BCUT2D eigenvalue weighted by atomic mass is 16.2. The molecule has 0 unspecified atom stereocenters. The predicted molar refractivity (Wildman–Crippen MR) is 84.5 cm³/mol. The lowest BCUT2D eigenvalue weighted by molar-refractivity contribution is 0.251. The number of fused-ring (bicyclic) bond motifs is 1. The van der Waals surface area contributed by atoms with Crippen LogP contribution in [-0.4, -0.2) is 27.0 Å². The van der Waals surface area contributed by atoms with E-state index in [9.17, 15) is 4.79 Å². The van der Waals surface area contributed by atoms with Crippen molar-refractivity contribution in [2.45, 2.75) is 18.9 Å². The molecular weight excluding hydrogens is 278 g/mol. The van der Waals surface area contributed by atoms with Gasteiger partial charge < -0.3 is 15.6 Å². The Morgan fingerprint density at radius 3 is 2.73 bits per heavy atom. The molecule has 0 saturated heterocycles. The number of urea groups is 1. The van der Waals surface area contributed by atoms with E-state index in [2.05, 4.69) is 25.6 Å². The lowest BCUT2D eigenvalue weighted by atomic mass is 10.1. The Hall–Kier alpha value is -2.89. The number of hydrogen-bond donors (Lipinski definition) is 3. The second-order valence-electron chi connectivity index (χ2n) is 5.41. The first-order chi connectivity index (χ1) is 10.8. The molecule has 1 saturated carbocycles. The summed E-state index contributed by atoms with van der Waals surface area (Å²) in [5.41, 5.74) is 3.44. The van der Waals surface area contributed by atoms with Crippen LogP contribution in [0.2, 0.25) is 0 Å². The van der Waals surface area contributed by atoms with Crippen LogP contribution in [0.3, 0.4) is 0 Å². The first-order valence-corrected chi connectivity index (χ1v) is 7.25. The fourth-order valence-electron chi connectivity index (χ4n) is 2.39. The molecule has 1 aromatic carbocycles. The maximum absolute atomic E-state index is 11.7. The molecule has 2 heterocycles. The van der Waals surface area contributed by atoms with Gasteiger partial charge in [-0.2, -0.15) is 0 Å². The molecule has 3 N–H and O–H groups in total. The molecule has 0 atom stereocenters. The molecule has 22 heavy (non-hydrogen) atoms. The van der Waals surface area contributed by atoms with Gasteiger partial charge in [0.2, 0.25) is 0 Å². The van der Waals surface area contributed by atoms with E-state index in [0.29, 0.717) is 6.04 Å². The Balaban J connectivity index is 1.56. The zero-order valence-corrected chi connectivity index (χ0v) is 11.8. The molecule has 1 aliphatic carbocycles. The van der Waals surface area contributed by atoms with Gasteiger partial charge in [0.1, 0.15) is 12.0 Å². The second-order valence-corrected chi connectivity index (χ2v) is 5.41. The van der Waals surface area contributed by atoms with E-state index < -0.39 is 0 Å². The summed E-state index contributed by atoms with van der Waals surface area (Å²) < 4.78 is 0. The van der Waals surface area contributed by atoms with Crippen LogP contribution in [0.5, 0.6) is 0 Å². The number of benzene rings is 1. The van der Waals surface area contributed by atoms with Crippen LogP contribution < -0.4 is 10.6 Å². The van der Waals surface area contributed by atoms with Crippen molar-refractivity contribution in [3.05, 3.63) is 42.9 Å². The monoisotopic (exact) mass is 293 g/mol. The Morgan fingerprint density at radius 1 is 1.14 bits per heavy atom. The van der Waals surface area contributed by atoms with E-state index in [0.717, 1.165) is 40.8 Å². The summed E-state index contributed by atoms with van der Waals surface area (Å²) in [5.74, 6) is 0. The SMILES string of the molecule is O=C(Nc1ccc(-c2ncnc3[nH]ccc23)cc1)NC1CC1. The van der Waals surface area contributed by atoms with Crippen molar-refractivity contribution >= 4 is 22.8 Å². The van der Waals surface area contributed by atoms with Crippen LogP contribution in [0, 0.1) is 0 Å². The third kappa shape index (κ3) is 2.50. The number of anilines is 1. The fraction of sp³-hybridized carbons (Fsp3) is 0.188. The van der Waals surface area contributed by atoms with Crippen LogP contribution in [-0.2, 0) is 0 Å². The minimum absolute atomic E-state index is 0.148. The number of H-pyrrole nitrogens is 1. The minimum Gasteiger partial charge on any atom is -0.346 e. The molecule has 110 valence electrons. The number of carbonyl (C=O) groups excluding carboxylic acids is 1. The number of nitrogens with zero attached hydrogens (tertiary/aromatic N) is 2. The molecule has 2 amide bonds. The molecule has 3 aromatic rings. The lowest BCUT2D eigenvalue weighted by Gasteiger charge is -2.07. The van der Waals surface area contributed by atoms with Gasteiger partial charge >= 0.3 is 6.03 Å². The van der Waals surface area contributed by atoms with Gasteiger partial charge in [0.15, 0.2) is 0 Å². The average molecular weight is 293 g/mol. The predicted octanol–water partition coefficient (Wildman–Crippen LogP) is 2.91. The number of amides is 2. The number of aromatic nitrogens is 3. The van der Waals surface area contributed by atoms with E-state index in [1.807, 2.05) is 36.5 Å². The highest BCUT2D eigenvalue weighted by molar-refractivity contribution is 5.92. The van der Waals surface area contributed by atoms with Gasteiger partial charge in [-0.05, 0) is 31.0 Å². The van der Waals surface area contributed by atoms with Gasteiger partial charge in [-0.15, -0.1) is 0 Å². The van der Waals surface area contributed by atoms with Crippen LogP contribution in [0.15, 0.2) is 42.9 Å². The van der Waals surface area contributed by atoms with Crippen molar-refractivity contribution in [3.63, 3.8) is 0 Å². The summed E-state index contributed by atoms with van der Waals surface area (Å²) in [5, 5.41) is 6.71. The number of carbonyl (C=O) groups is 1. The molecule has 0 radical (unpaired) electrons. The molecule has 0 aliphatic heterocycles. The largest absolute Gasteiger partial charge is 0.346 e. The smallest absolute Gasteiger partial charge is 0.319 e. The Morgan fingerprint density at radius 2 is 1.95 bits per heavy atom. The van der Waals surface area contributed by atoms with Crippen LogP contribution in [0.25, 0.3) is 22.3 Å². The maximum Gasteiger partial charge on any atom is 0.319 e. The molecular formula is C16H15N5O. The van der Waals surface area contributed by atoms with E-state index in [1.165, 1.54) is 0 Å². The van der Waals surface area contributed by atoms with Crippen LogP contribution >= 0.6 is 0 Å². The Kier molecular flexibility index (Phi) is 3.00. The van der Waals surface area contributed by atoms with Gasteiger partial charge in [0, 0.05) is 28.9 Å². The van der Waals surface area contributed by atoms with Crippen LogP contribution in [0.4, 0.5) is 10.5 Å². The highest BCUT2D eigenvalue weighted by Crippen LogP contribution is 2.26. The fourth-order valence-corrected chi connectivity index (χ4v) is 2.39. The Bertz CT molecular complexity index is 820. The molecule has 6 nitrogen and oxygen atoms in total. The first-order valence-electron chi connectivity index (χ1n) is 7.25. The third-order valence-corrected chi connectivity index (χ3v) is 3.68. The third-order valence-electron chi connectivity index (χ3n) is 3.68. The van der Waals surface area contributed by atoms with E-state index >= 15 is 0 Å². The molecule has 6 heteroatoms.